The van der Waals surface area contributed by atoms with Gasteiger partial charge in [0.15, 0.2) is 5.82 Å². The van der Waals surface area contributed by atoms with Gasteiger partial charge in [0.05, 0.1) is 9.73 Å². The first-order valence-electron chi connectivity index (χ1n) is 6.68. The summed E-state index contributed by atoms with van der Waals surface area (Å²) in [6.07, 6.45) is 3.39. The molecule has 1 fully saturated rings. The minimum atomic E-state index is -2.37. The van der Waals surface area contributed by atoms with Crippen LogP contribution in [0.15, 0.2) is 38.0 Å². The summed E-state index contributed by atoms with van der Waals surface area (Å²) >= 11 is 5.98. The van der Waals surface area contributed by atoms with Crippen LogP contribution in [0.1, 0.15) is 24.6 Å². The molecule has 1 aromatic carbocycles. The molecular weight excluding hydrogens is 310 g/mol. The van der Waals surface area contributed by atoms with E-state index >= 15 is 0 Å². The summed E-state index contributed by atoms with van der Waals surface area (Å²) in [7, 11) is -0.817. The van der Waals surface area contributed by atoms with Gasteiger partial charge < -0.3 is 4.52 Å². The van der Waals surface area contributed by atoms with Crippen molar-refractivity contribution in [3.63, 3.8) is 0 Å². The fraction of sp³-hybridized carbons (Fsp3) is 0.429. The molecule has 1 aliphatic rings. The van der Waals surface area contributed by atoms with Crippen molar-refractivity contribution >= 4 is 21.3 Å². The van der Waals surface area contributed by atoms with Crippen molar-refractivity contribution in [2.75, 3.05) is 13.3 Å². The normalized spacial score (nSPS) is 24.1. The summed E-state index contributed by atoms with van der Waals surface area (Å²) < 4.78 is 21.5. The van der Waals surface area contributed by atoms with Gasteiger partial charge in [-0.15, -0.1) is 11.6 Å². The first kappa shape index (κ1) is 14.5. The average Bonchev–Trinajstić information content (AvgIpc) is 2.93. The van der Waals surface area contributed by atoms with Crippen LogP contribution >= 0.6 is 11.6 Å². The Morgan fingerprint density at radius 3 is 2.86 bits per heavy atom. The third kappa shape index (κ3) is 2.82. The molecule has 1 unspecified atom stereocenters. The van der Waals surface area contributed by atoms with E-state index in [-0.39, 0.29) is 11.3 Å². The Labute approximate surface area is 128 Å². The van der Waals surface area contributed by atoms with Crippen molar-refractivity contribution in [3.8, 4) is 11.5 Å². The molecule has 3 rings (SSSR count). The van der Waals surface area contributed by atoms with Crippen molar-refractivity contribution in [1.29, 1.82) is 0 Å². The molecule has 1 aromatic heterocycles. The van der Waals surface area contributed by atoms with Crippen molar-refractivity contribution in [3.05, 3.63) is 30.1 Å². The molecule has 7 heteroatoms. The number of benzene rings is 1. The predicted molar refractivity (Wildman–Crippen MR) is 82.0 cm³/mol. The van der Waals surface area contributed by atoms with Crippen LogP contribution in [0.4, 0.5) is 0 Å². The summed E-state index contributed by atoms with van der Waals surface area (Å²) in [5, 5.41) is 4.24. The molecule has 5 nitrogen and oxygen atoms in total. The van der Waals surface area contributed by atoms with Crippen molar-refractivity contribution in [1.82, 2.24) is 10.1 Å². The molecule has 1 saturated carbocycles. The maximum atomic E-state index is 12.3. The number of rotatable bonds is 3. The minimum Gasteiger partial charge on any atom is -0.334 e. The molecule has 112 valence electrons. The highest BCUT2D eigenvalue weighted by Gasteiger charge is 2.32. The van der Waals surface area contributed by atoms with Gasteiger partial charge >= 0.3 is 0 Å². The molecule has 2 aromatic rings. The fourth-order valence-electron chi connectivity index (χ4n) is 2.25. The molecule has 0 saturated heterocycles. The molecule has 21 heavy (non-hydrogen) atoms. The summed E-state index contributed by atoms with van der Waals surface area (Å²) in [5.41, 5.74) is 0.756. The van der Waals surface area contributed by atoms with Crippen LogP contribution in [-0.2, 0) is 9.73 Å². The highest BCUT2D eigenvalue weighted by atomic mass is 35.5. The number of aromatic nitrogens is 2. The first-order chi connectivity index (χ1) is 9.99. The Balaban J connectivity index is 1.91. The maximum absolute atomic E-state index is 12.3. The van der Waals surface area contributed by atoms with Gasteiger partial charge in [0.2, 0.25) is 0 Å². The minimum absolute atomic E-state index is 0.219. The van der Waals surface area contributed by atoms with E-state index in [9.17, 15) is 4.21 Å². The van der Waals surface area contributed by atoms with Gasteiger partial charge in [-0.25, -0.2) is 8.57 Å². The number of nitrogens with zero attached hydrogens (tertiary/aromatic N) is 3. The monoisotopic (exact) mass is 325 g/mol. The third-order valence-electron chi connectivity index (χ3n) is 3.75. The first-order valence-corrected chi connectivity index (χ1v) is 9.04. The Kier molecular flexibility index (Phi) is 3.75. The number of halogens is 1. The molecule has 1 aliphatic carbocycles. The Bertz CT molecular complexity index is 774. The molecule has 0 N–H and O–H groups in total. The Hall–Kier alpha value is -1.40. The lowest BCUT2D eigenvalue weighted by molar-refractivity contribution is 0.371. The molecule has 0 amide bonds. The summed E-state index contributed by atoms with van der Waals surface area (Å²) in [6, 6.07) is 7.26. The highest BCUT2D eigenvalue weighted by Crippen LogP contribution is 2.39. The zero-order valence-corrected chi connectivity index (χ0v) is 13.4. The highest BCUT2D eigenvalue weighted by molar-refractivity contribution is 7.93. The van der Waals surface area contributed by atoms with Gasteiger partial charge in [0, 0.05) is 35.1 Å². The summed E-state index contributed by atoms with van der Waals surface area (Å²) in [5.74, 6) is 1.43. The molecule has 0 bridgehead atoms. The van der Waals surface area contributed by atoms with E-state index in [1.165, 1.54) is 0 Å². The number of alkyl halides is 1. The summed E-state index contributed by atoms with van der Waals surface area (Å²) in [4.78, 5) is 5.09. The van der Waals surface area contributed by atoms with Gasteiger partial charge in [-0.1, -0.05) is 11.2 Å². The smallest absolute Gasteiger partial charge is 0.257 e. The second kappa shape index (κ2) is 5.42. The van der Waals surface area contributed by atoms with E-state index in [0.29, 0.717) is 16.6 Å². The Morgan fingerprint density at radius 1 is 1.43 bits per heavy atom. The largest absolute Gasteiger partial charge is 0.334 e. The SMILES string of the molecule is CN=S(C)(=O)c1cccc(-c2nc(C3CC(Cl)C3)no2)c1. The van der Waals surface area contributed by atoms with E-state index in [2.05, 4.69) is 14.5 Å². The van der Waals surface area contributed by atoms with E-state index in [0.717, 1.165) is 18.4 Å². The van der Waals surface area contributed by atoms with E-state index < -0.39 is 9.73 Å². The molecular formula is C14H16ClN3O2S. The van der Waals surface area contributed by atoms with Gasteiger partial charge in [0.1, 0.15) is 0 Å². The van der Waals surface area contributed by atoms with Crippen LogP contribution in [0.5, 0.6) is 0 Å². The number of hydrogen-bond donors (Lipinski definition) is 0. The van der Waals surface area contributed by atoms with Gasteiger partial charge in [-0.3, -0.25) is 0 Å². The molecule has 0 radical (unpaired) electrons. The predicted octanol–water partition coefficient (Wildman–Crippen LogP) is 3.31. The van der Waals surface area contributed by atoms with Crippen LogP contribution in [0, 0.1) is 0 Å². The van der Waals surface area contributed by atoms with E-state index in [1.807, 2.05) is 12.1 Å². The van der Waals surface area contributed by atoms with Gasteiger partial charge in [0.25, 0.3) is 5.89 Å². The molecule has 0 aliphatic heterocycles. The third-order valence-corrected chi connectivity index (χ3v) is 5.94. The van der Waals surface area contributed by atoms with E-state index in [1.54, 1.807) is 25.4 Å². The lowest BCUT2D eigenvalue weighted by Gasteiger charge is -2.27. The van der Waals surface area contributed by atoms with Crippen molar-refractivity contribution < 1.29 is 8.73 Å². The standard InChI is InChI=1S/C14H16ClN3O2S/c1-16-21(2,19)12-5-3-4-9(8-12)14-17-13(18-20-14)10-6-11(15)7-10/h3-5,8,10-11H,6-7H2,1-2H3. The van der Waals surface area contributed by atoms with Crippen LogP contribution in [0.3, 0.4) is 0 Å². The lowest BCUT2D eigenvalue weighted by Crippen LogP contribution is -2.22. The van der Waals surface area contributed by atoms with Crippen molar-refractivity contribution in [2.45, 2.75) is 29.0 Å². The van der Waals surface area contributed by atoms with Crippen molar-refractivity contribution in [2.24, 2.45) is 4.36 Å². The molecule has 1 heterocycles. The number of hydrogen-bond acceptors (Lipinski definition) is 5. The second-order valence-corrected chi connectivity index (χ2v) is 8.30. The molecule has 0 spiro atoms. The lowest BCUT2D eigenvalue weighted by atomic mass is 9.84. The van der Waals surface area contributed by atoms with Gasteiger partial charge in [-0.2, -0.15) is 4.98 Å². The Morgan fingerprint density at radius 2 is 2.19 bits per heavy atom. The molecule has 1 atom stereocenters. The van der Waals surface area contributed by atoms with Crippen LogP contribution < -0.4 is 0 Å². The zero-order chi connectivity index (χ0) is 15.0. The van der Waals surface area contributed by atoms with Crippen LogP contribution in [0.2, 0.25) is 0 Å². The fourth-order valence-corrected chi connectivity index (χ4v) is 3.56. The average molecular weight is 326 g/mol. The topological polar surface area (TPSA) is 68.3 Å². The summed E-state index contributed by atoms with van der Waals surface area (Å²) in [6.45, 7) is 0. The van der Waals surface area contributed by atoms with Crippen LogP contribution in [0.25, 0.3) is 11.5 Å². The quantitative estimate of drug-likeness (QED) is 0.812. The van der Waals surface area contributed by atoms with E-state index in [4.69, 9.17) is 16.1 Å². The van der Waals surface area contributed by atoms with Crippen LogP contribution in [-0.4, -0.2) is 33.0 Å². The zero-order valence-electron chi connectivity index (χ0n) is 11.8. The van der Waals surface area contributed by atoms with Gasteiger partial charge in [-0.05, 0) is 31.0 Å². The maximum Gasteiger partial charge on any atom is 0.257 e. The second-order valence-electron chi connectivity index (χ2n) is 5.24.